The maximum atomic E-state index is 13.3. The van der Waals surface area contributed by atoms with Crippen molar-refractivity contribution in [3.63, 3.8) is 0 Å². The van der Waals surface area contributed by atoms with E-state index in [1.807, 2.05) is 73.7 Å². The quantitative estimate of drug-likeness (QED) is 0.402. The van der Waals surface area contributed by atoms with Gasteiger partial charge in [0.2, 0.25) is 0 Å². The second kappa shape index (κ2) is 11.1. The van der Waals surface area contributed by atoms with Crippen molar-refractivity contribution in [3.8, 4) is 17.1 Å². The number of para-hydroxylation sites is 2. The molecule has 1 saturated heterocycles. The van der Waals surface area contributed by atoms with E-state index < -0.39 is 0 Å². The summed E-state index contributed by atoms with van der Waals surface area (Å²) >= 11 is 0. The summed E-state index contributed by atoms with van der Waals surface area (Å²) in [5, 5.41) is 3.04. The van der Waals surface area contributed by atoms with E-state index >= 15 is 0 Å². The highest BCUT2D eigenvalue weighted by atomic mass is 16.5. The average Bonchev–Trinajstić information content (AvgIpc) is 2.96. The minimum absolute atomic E-state index is 0.179. The molecule has 0 saturated carbocycles. The SMILES string of the molecule is COc1ccccc1N1CCN(c2nc(-c3cccc(C)c3)ncc2C(=O)NCc2ccccc2)CC1. The number of piperazine rings is 1. The van der Waals surface area contributed by atoms with E-state index in [1.165, 1.54) is 0 Å². The molecule has 3 aromatic carbocycles. The van der Waals surface area contributed by atoms with E-state index in [9.17, 15) is 4.79 Å². The Morgan fingerprint density at radius 1 is 0.919 bits per heavy atom. The molecular weight excluding hydrogens is 462 g/mol. The van der Waals surface area contributed by atoms with Crippen molar-refractivity contribution in [2.45, 2.75) is 13.5 Å². The Morgan fingerprint density at radius 3 is 2.41 bits per heavy atom. The molecule has 7 nitrogen and oxygen atoms in total. The number of benzene rings is 3. The zero-order valence-electron chi connectivity index (χ0n) is 21.2. The van der Waals surface area contributed by atoms with Crippen LogP contribution in [0.3, 0.4) is 0 Å². The molecule has 188 valence electrons. The highest BCUT2D eigenvalue weighted by molar-refractivity contribution is 5.99. The molecule has 0 atom stereocenters. The predicted octanol–water partition coefficient (Wildman–Crippen LogP) is 4.72. The molecule has 37 heavy (non-hydrogen) atoms. The van der Waals surface area contributed by atoms with Gasteiger partial charge in [-0.05, 0) is 30.7 Å². The summed E-state index contributed by atoms with van der Waals surface area (Å²) in [6.07, 6.45) is 1.66. The number of hydrogen-bond acceptors (Lipinski definition) is 6. The van der Waals surface area contributed by atoms with Gasteiger partial charge in [0.05, 0.1) is 12.8 Å². The molecule has 0 radical (unpaired) electrons. The average molecular weight is 494 g/mol. The zero-order chi connectivity index (χ0) is 25.6. The third-order valence-corrected chi connectivity index (χ3v) is 6.59. The van der Waals surface area contributed by atoms with Gasteiger partial charge in [0.25, 0.3) is 5.91 Å². The number of nitrogens with zero attached hydrogens (tertiary/aromatic N) is 4. The molecule has 4 aromatic rings. The molecule has 0 unspecified atom stereocenters. The Labute approximate surface area is 217 Å². The van der Waals surface area contributed by atoms with Crippen molar-refractivity contribution in [2.75, 3.05) is 43.1 Å². The molecule has 1 aromatic heterocycles. The number of nitrogens with one attached hydrogen (secondary N) is 1. The largest absolute Gasteiger partial charge is 0.495 e. The lowest BCUT2D eigenvalue weighted by Crippen LogP contribution is -2.47. The Bertz CT molecular complexity index is 1370. The van der Waals surface area contributed by atoms with E-state index in [1.54, 1.807) is 13.3 Å². The summed E-state index contributed by atoms with van der Waals surface area (Å²) in [6, 6.07) is 26.1. The van der Waals surface area contributed by atoms with Crippen molar-refractivity contribution < 1.29 is 9.53 Å². The van der Waals surface area contributed by atoms with Crippen LogP contribution in [-0.2, 0) is 6.54 Å². The number of ether oxygens (including phenoxy) is 1. The van der Waals surface area contributed by atoms with Gasteiger partial charge in [-0.2, -0.15) is 0 Å². The van der Waals surface area contributed by atoms with Gasteiger partial charge in [0, 0.05) is 44.5 Å². The van der Waals surface area contributed by atoms with Gasteiger partial charge in [-0.1, -0.05) is 66.2 Å². The number of hydrogen-bond donors (Lipinski definition) is 1. The second-order valence-corrected chi connectivity index (χ2v) is 9.11. The fourth-order valence-corrected chi connectivity index (χ4v) is 4.62. The molecule has 0 bridgehead atoms. The van der Waals surface area contributed by atoms with Crippen LogP contribution in [0.5, 0.6) is 5.75 Å². The number of anilines is 2. The minimum Gasteiger partial charge on any atom is -0.495 e. The van der Waals surface area contributed by atoms with Crippen LogP contribution in [0.4, 0.5) is 11.5 Å². The second-order valence-electron chi connectivity index (χ2n) is 9.11. The van der Waals surface area contributed by atoms with Crippen LogP contribution in [0.2, 0.25) is 0 Å². The lowest BCUT2D eigenvalue weighted by atomic mass is 10.1. The van der Waals surface area contributed by atoms with E-state index in [0.717, 1.165) is 54.3 Å². The summed E-state index contributed by atoms with van der Waals surface area (Å²) in [4.78, 5) is 27.3. The summed E-state index contributed by atoms with van der Waals surface area (Å²) in [6.45, 7) is 5.51. The lowest BCUT2D eigenvalue weighted by molar-refractivity contribution is 0.0950. The van der Waals surface area contributed by atoms with E-state index in [0.29, 0.717) is 23.8 Å². The summed E-state index contributed by atoms with van der Waals surface area (Å²) in [5.41, 5.74) is 4.68. The van der Waals surface area contributed by atoms with E-state index in [-0.39, 0.29) is 5.91 Å². The number of carbonyl (C=O) groups is 1. The van der Waals surface area contributed by atoms with Gasteiger partial charge < -0.3 is 19.9 Å². The van der Waals surface area contributed by atoms with Crippen molar-refractivity contribution in [1.82, 2.24) is 15.3 Å². The predicted molar refractivity (Wildman–Crippen MR) is 147 cm³/mol. The Morgan fingerprint density at radius 2 is 1.65 bits per heavy atom. The maximum Gasteiger partial charge on any atom is 0.256 e. The number of amides is 1. The monoisotopic (exact) mass is 493 g/mol. The molecule has 0 aliphatic carbocycles. The lowest BCUT2D eigenvalue weighted by Gasteiger charge is -2.37. The van der Waals surface area contributed by atoms with Crippen LogP contribution in [0.1, 0.15) is 21.5 Å². The van der Waals surface area contributed by atoms with Crippen LogP contribution in [-0.4, -0.2) is 49.2 Å². The van der Waals surface area contributed by atoms with Gasteiger partial charge in [0.15, 0.2) is 5.82 Å². The normalized spacial score (nSPS) is 13.4. The molecule has 0 spiro atoms. The molecule has 1 aliphatic rings. The van der Waals surface area contributed by atoms with Gasteiger partial charge in [0.1, 0.15) is 17.1 Å². The van der Waals surface area contributed by atoms with E-state index in [4.69, 9.17) is 9.72 Å². The number of carbonyl (C=O) groups excluding carboxylic acids is 1. The zero-order valence-corrected chi connectivity index (χ0v) is 21.2. The first kappa shape index (κ1) is 24.3. The van der Waals surface area contributed by atoms with Crippen LogP contribution in [0.25, 0.3) is 11.4 Å². The summed E-state index contributed by atoms with van der Waals surface area (Å²) in [7, 11) is 1.70. The summed E-state index contributed by atoms with van der Waals surface area (Å²) in [5.74, 6) is 1.96. The van der Waals surface area contributed by atoms with E-state index in [2.05, 4.69) is 32.2 Å². The third-order valence-electron chi connectivity index (χ3n) is 6.59. The standard InChI is InChI=1S/C30H31N5O2/c1-22-9-8-12-24(19-22)28-31-21-25(30(36)32-20-23-10-4-3-5-11-23)29(33-28)35-17-15-34(16-18-35)26-13-6-7-14-27(26)37-2/h3-14,19,21H,15-18,20H2,1-2H3,(H,32,36). The van der Waals surface area contributed by atoms with Crippen molar-refractivity contribution in [1.29, 1.82) is 0 Å². The molecule has 1 amide bonds. The highest BCUT2D eigenvalue weighted by Crippen LogP contribution is 2.30. The fraction of sp³-hybridized carbons (Fsp3) is 0.233. The highest BCUT2D eigenvalue weighted by Gasteiger charge is 2.25. The topological polar surface area (TPSA) is 70.6 Å². The Kier molecular flexibility index (Phi) is 7.31. The molecule has 5 rings (SSSR count). The fourth-order valence-electron chi connectivity index (χ4n) is 4.62. The van der Waals surface area contributed by atoms with Gasteiger partial charge in [-0.15, -0.1) is 0 Å². The van der Waals surface area contributed by atoms with Gasteiger partial charge in [-0.25, -0.2) is 9.97 Å². The van der Waals surface area contributed by atoms with Crippen molar-refractivity contribution in [3.05, 3.63) is 102 Å². The number of aromatic nitrogens is 2. The van der Waals surface area contributed by atoms with Crippen LogP contribution >= 0.6 is 0 Å². The smallest absolute Gasteiger partial charge is 0.256 e. The minimum atomic E-state index is -0.179. The molecule has 2 heterocycles. The number of aryl methyl sites for hydroxylation is 1. The molecule has 1 N–H and O–H groups in total. The van der Waals surface area contributed by atoms with Crippen LogP contribution < -0.4 is 19.9 Å². The van der Waals surface area contributed by atoms with Gasteiger partial charge in [-0.3, -0.25) is 4.79 Å². The summed E-state index contributed by atoms with van der Waals surface area (Å²) < 4.78 is 5.57. The van der Waals surface area contributed by atoms with Crippen molar-refractivity contribution >= 4 is 17.4 Å². The first-order valence-electron chi connectivity index (χ1n) is 12.5. The van der Waals surface area contributed by atoms with Crippen molar-refractivity contribution in [2.24, 2.45) is 0 Å². The Balaban J connectivity index is 1.41. The molecule has 1 fully saturated rings. The maximum absolute atomic E-state index is 13.3. The Hall–Kier alpha value is -4.39. The molecule has 1 aliphatic heterocycles. The van der Waals surface area contributed by atoms with Crippen LogP contribution in [0.15, 0.2) is 85.1 Å². The molecule has 7 heteroatoms. The van der Waals surface area contributed by atoms with Crippen LogP contribution in [0, 0.1) is 6.92 Å². The first-order valence-corrected chi connectivity index (χ1v) is 12.5. The first-order chi connectivity index (χ1) is 18.1. The number of rotatable bonds is 7. The number of methoxy groups -OCH3 is 1. The third kappa shape index (κ3) is 5.56. The molecular formula is C30H31N5O2. The van der Waals surface area contributed by atoms with Gasteiger partial charge >= 0.3 is 0 Å².